The molecule has 28 heavy (non-hydrogen) atoms. The first-order valence-electron chi connectivity index (χ1n) is 9.33. The van der Waals surface area contributed by atoms with E-state index in [-0.39, 0.29) is 30.7 Å². The molecule has 7 heteroatoms. The summed E-state index contributed by atoms with van der Waals surface area (Å²) in [5, 5.41) is 6.42. The van der Waals surface area contributed by atoms with E-state index in [0.29, 0.717) is 24.9 Å². The highest BCUT2D eigenvalue weighted by Gasteiger charge is 2.22. The minimum atomic E-state index is 0. The smallest absolute Gasteiger partial charge is 0.224 e. The Morgan fingerprint density at radius 1 is 1.32 bits per heavy atom. The number of carbonyl (C=O) groups excluding carboxylic acids is 1. The minimum absolute atomic E-state index is 0. The Hall–Kier alpha value is -1.82. The van der Waals surface area contributed by atoms with E-state index in [9.17, 15) is 4.79 Å². The second-order valence-electron chi connectivity index (χ2n) is 7.01. The van der Waals surface area contributed by atoms with Gasteiger partial charge in [-0.2, -0.15) is 0 Å². The average molecular weight is 426 g/mol. The van der Waals surface area contributed by atoms with Crippen LogP contribution in [-0.2, 0) is 11.4 Å². The van der Waals surface area contributed by atoms with Crippen LogP contribution < -0.4 is 15.4 Å². The lowest BCUT2D eigenvalue weighted by atomic mass is 9.85. The predicted octanol–water partition coefficient (Wildman–Crippen LogP) is 4.47. The molecule has 2 N–H and O–H groups in total. The molecule has 3 rings (SSSR count). The maximum absolute atomic E-state index is 12.4. The van der Waals surface area contributed by atoms with Crippen molar-refractivity contribution in [1.29, 1.82) is 0 Å². The lowest BCUT2D eigenvalue weighted by Crippen LogP contribution is -2.34. The highest BCUT2D eigenvalue weighted by molar-refractivity contribution is 5.91. The van der Waals surface area contributed by atoms with Crippen LogP contribution in [0, 0.1) is 11.8 Å². The van der Waals surface area contributed by atoms with Gasteiger partial charge in [-0.1, -0.05) is 19.1 Å². The summed E-state index contributed by atoms with van der Waals surface area (Å²) in [6.07, 6.45) is 6.48. The number of benzene rings is 1. The van der Waals surface area contributed by atoms with Gasteiger partial charge in [-0.05, 0) is 56.0 Å². The number of hydrogen-bond donors (Lipinski definition) is 2. The number of nitrogens with zero attached hydrogens (tertiary/aromatic N) is 1. The van der Waals surface area contributed by atoms with Crippen molar-refractivity contribution in [1.82, 2.24) is 10.3 Å². The van der Waals surface area contributed by atoms with Crippen molar-refractivity contribution in [2.45, 2.75) is 32.8 Å². The molecule has 1 aromatic carbocycles. The van der Waals surface area contributed by atoms with Gasteiger partial charge in [0.05, 0.1) is 0 Å². The Morgan fingerprint density at radius 2 is 2.18 bits per heavy atom. The molecule has 0 aliphatic carbocycles. The van der Waals surface area contributed by atoms with Crippen LogP contribution in [0.15, 0.2) is 48.8 Å². The summed E-state index contributed by atoms with van der Waals surface area (Å²) in [5.74, 6) is 1.76. The average Bonchev–Trinajstić information content (AvgIpc) is 2.68. The molecule has 1 fully saturated rings. The Balaban J connectivity index is 0.00000196. The number of pyridine rings is 1. The van der Waals surface area contributed by atoms with Gasteiger partial charge in [-0.25, -0.2) is 0 Å². The molecule has 1 amide bonds. The quantitative estimate of drug-likeness (QED) is 0.686. The molecule has 0 bridgehead atoms. The van der Waals surface area contributed by atoms with Gasteiger partial charge in [0, 0.05) is 36.1 Å². The number of halogens is 2. The number of carbonyl (C=O) groups is 1. The SMILES string of the molecule is CC(CC(=O)Nc1cccc(OCc2cccnc2)c1)C1CCCNC1.Cl.Cl. The third-order valence-electron chi connectivity index (χ3n) is 4.89. The largest absolute Gasteiger partial charge is 0.489 e. The molecule has 2 unspecified atom stereocenters. The normalized spacial score (nSPS) is 16.8. The molecule has 1 saturated heterocycles. The molecule has 1 aromatic heterocycles. The fourth-order valence-electron chi connectivity index (χ4n) is 3.35. The van der Waals surface area contributed by atoms with Crippen LogP contribution in [-0.4, -0.2) is 24.0 Å². The fraction of sp³-hybridized carbons (Fsp3) is 0.429. The summed E-state index contributed by atoms with van der Waals surface area (Å²) in [4.78, 5) is 16.5. The van der Waals surface area contributed by atoms with Crippen molar-refractivity contribution >= 4 is 36.4 Å². The van der Waals surface area contributed by atoms with Gasteiger partial charge in [-0.15, -0.1) is 24.8 Å². The number of aromatic nitrogens is 1. The molecule has 5 nitrogen and oxygen atoms in total. The molecule has 0 radical (unpaired) electrons. The van der Waals surface area contributed by atoms with Crippen molar-refractivity contribution in [3.8, 4) is 5.75 Å². The monoisotopic (exact) mass is 425 g/mol. The molecule has 1 aliphatic rings. The van der Waals surface area contributed by atoms with Crippen LogP contribution >= 0.6 is 24.8 Å². The number of rotatable bonds is 7. The zero-order valence-electron chi connectivity index (χ0n) is 16.1. The van der Waals surface area contributed by atoms with Crippen molar-refractivity contribution in [3.05, 3.63) is 54.4 Å². The Bertz CT molecular complexity index is 710. The van der Waals surface area contributed by atoms with Crippen LogP contribution in [0.25, 0.3) is 0 Å². The van der Waals surface area contributed by atoms with Crippen LogP contribution in [0.2, 0.25) is 0 Å². The van der Waals surface area contributed by atoms with E-state index in [1.165, 1.54) is 12.8 Å². The minimum Gasteiger partial charge on any atom is -0.489 e. The Labute approximate surface area is 179 Å². The molecule has 1 aliphatic heterocycles. The number of amides is 1. The predicted molar refractivity (Wildman–Crippen MR) is 118 cm³/mol. The molecular formula is C21H29Cl2N3O2. The first-order valence-corrected chi connectivity index (χ1v) is 9.33. The van der Waals surface area contributed by atoms with Crippen LogP contribution in [0.1, 0.15) is 31.7 Å². The third-order valence-corrected chi connectivity index (χ3v) is 4.89. The van der Waals surface area contributed by atoms with Gasteiger partial charge >= 0.3 is 0 Å². The third kappa shape index (κ3) is 7.66. The summed E-state index contributed by atoms with van der Waals surface area (Å²) < 4.78 is 5.79. The molecular weight excluding hydrogens is 397 g/mol. The van der Waals surface area contributed by atoms with Crippen LogP contribution in [0.3, 0.4) is 0 Å². The summed E-state index contributed by atoms with van der Waals surface area (Å²) in [6, 6.07) is 11.4. The molecule has 0 spiro atoms. The van der Waals surface area contributed by atoms with E-state index in [2.05, 4.69) is 22.5 Å². The van der Waals surface area contributed by atoms with E-state index in [4.69, 9.17) is 4.74 Å². The van der Waals surface area contributed by atoms with Gasteiger partial charge in [0.2, 0.25) is 5.91 Å². The fourth-order valence-corrected chi connectivity index (χ4v) is 3.35. The van der Waals surface area contributed by atoms with Crippen molar-refractivity contribution in [3.63, 3.8) is 0 Å². The number of hydrogen-bond acceptors (Lipinski definition) is 4. The molecule has 154 valence electrons. The summed E-state index contributed by atoms with van der Waals surface area (Å²) in [5.41, 5.74) is 1.78. The first kappa shape index (κ1) is 24.2. The van der Waals surface area contributed by atoms with Crippen LogP contribution in [0.5, 0.6) is 5.75 Å². The van der Waals surface area contributed by atoms with E-state index in [0.717, 1.165) is 30.1 Å². The number of ether oxygens (including phenoxy) is 1. The Morgan fingerprint density at radius 3 is 2.89 bits per heavy atom. The van der Waals surface area contributed by atoms with E-state index >= 15 is 0 Å². The van der Waals surface area contributed by atoms with Gasteiger partial charge in [-0.3, -0.25) is 9.78 Å². The topological polar surface area (TPSA) is 63.2 Å². The number of nitrogens with one attached hydrogen (secondary N) is 2. The maximum Gasteiger partial charge on any atom is 0.224 e. The van der Waals surface area contributed by atoms with Gasteiger partial charge < -0.3 is 15.4 Å². The van der Waals surface area contributed by atoms with Gasteiger partial charge in [0.25, 0.3) is 0 Å². The Kier molecular flexibility index (Phi) is 10.9. The molecule has 2 aromatic rings. The number of anilines is 1. The summed E-state index contributed by atoms with van der Waals surface area (Å²) >= 11 is 0. The molecule has 0 saturated carbocycles. The van der Waals surface area contributed by atoms with Gasteiger partial charge in [0.1, 0.15) is 12.4 Å². The first-order chi connectivity index (χ1) is 12.7. The zero-order valence-corrected chi connectivity index (χ0v) is 17.7. The van der Waals surface area contributed by atoms with E-state index < -0.39 is 0 Å². The highest BCUT2D eigenvalue weighted by Crippen LogP contribution is 2.24. The second-order valence-corrected chi connectivity index (χ2v) is 7.01. The standard InChI is InChI=1S/C21H27N3O2.2ClH/c1-16(18-6-4-10-23-14-18)11-21(25)24-19-7-2-8-20(12-19)26-15-17-5-3-9-22-13-17;;/h2-3,5,7-9,12-13,16,18,23H,4,6,10-11,14-15H2,1H3,(H,24,25);2*1H. The van der Waals surface area contributed by atoms with E-state index in [1.54, 1.807) is 12.4 Å². The zero-order chi connectivity index (χ0) is 18.2. The van der Waals surface area contributed by atoms with E-state index in [1.807, 2.05) is 36.4 Å². The van der Waals surface area contributed by atoms with Crippen molar-refractivity contribution < 1.29 is 9.53 Å². The lowest BCUT2D eigenvalue weighted by molar-refractivity contribution is -0.117. The maximum atomic E-state index is 12.4. The molecule has 2 heterocycles. The lowest BCUT2D eigenvalue weighted by Gasteiger charge is -2.28. The second kappa shape index (κ2) is 12.6. The number of piperidine rings is 1. The highest BCUT2D eigenvalue weighted by atomic mass is 35.5. The van der Waals surface area contributed by atoms with Gasteiger partial charge in [0.15, 0.2) is 0 Å². The summed E-state index contributed by atoms with van der Waals surface area (Å²) in [6.45, 7) is 4.75. The van der Waals surface area contributed by atoms with Crippen molar-refractivity contribution in [2.75, 3.05) is 18.4 Å². The van der Waals surface area contributed by atoms with Crippen molar-refractivity contribution in [2.24, 2.45) is 11.8 Å². The van der Waals surface area contributed by atoms with Crippen LogP contribution in [0.4, 0.5) is 5.69 Å². The molecule has 2 atom stereocenters. The summed E-state index contributed by atoms with van der Waals surface area (Å²) in [7, 11) is 0.